The Kier molecular flexibility index (Phi) is 4.65. The highest BCUT2D eigenvalue weighted by molar-refractivity contribution is 5.11. The van der Waals surface area contributed by atoms with Crippen LogP contribution in [0.1, 0.15) is 44.9 Å². The van der Waals surface area contributed by atoms with Crippen LogP contribution in [-0.4, -0.2) is 24.5 Å². The van der Waals surface area contributed by atoms with Crippen LogP contribution in [0, 0.1) is 5.92 Å². The highest BCUT2D eigenvalue weighted by Gasteiger charge is 2.20. The van der Waals surface area contributed by atoms with E-state index in [1.165, 1.54) is 64.6 Å². The molecule has 0 spiro atoms. The number of hydrogen-bond acceptors (Lipinski definition) is 1. The van der Waals surface area contributed by atoms with Crippen LogP contribution in [0.4, 0.5) is 0 Å². The van der Waals surface area contributed by atoms with Crippen molar-refractivity contribution in [1.29, 1.82) is 0 Å². The lowest BCUT2D eigenvalue weighted by Gasteiger charge is -2.26. The third-order valence-corrected chi connectivity index (χ3v) is 3.98. The molecule has 0 saturated carbocycles. The fourth-order valence-electron chi connectivity index (χ4n) is 3.05. The third-order valence-electron chi connectivity index (χ3n) is 3.98. The lowest BCUT2D eigenvalue weighted by atomic mass is 9.87. The molecule has 2 aliphatic rings. The Morgan fingerprint density at radius 3 is 2.69 bits per heavy atom. The first-order valence-electron chi connectivity index (χ1n) is 6.92. The SMILES string of the molecule is C=CCC(CN1CCCC1)C1=CCCCC1. The Balaban J connectivity index is 1.92. The van der Waals surface area contributed by atoms with Gasteiger partial charge in [-0.3, -0.25) is 0 Å². The maximum absolute atomic E-state index is 3.92. The molecule has 90 valence electrons. The van der Waals surface area contributed by atoms with Gasteiger partial charge in [0, 0.05) is 6.54 Å². The van der Waals surface area contributed by atoms with Gasteiger partial charge in [-0.15, -0.1) is 6.58 Å². The Hall–Kier alpha value is -0.560. The van der Waals surface area contributed by atoms with Gasteiger partial charge >= 0.3 is 0 Å². The van der Waals surface area contributed by atoms with E-state index in [0.29, 0.717) is 0 Å². The van der Waals surface area contributed by atoms with Crippen LogP contribution < -0.4 is 0 Å². The van der Waals surface area contributed by atoms with Gasteiger partial charge in [0.15, 0.2) is 0 Å². The Morgan fingerprint density at radius 1 is 1.25 bits per heavy atom. The monoisotopic (exact) mass is 219 g/mol. The van der Waals surface area contributed by atoms with Gasteiger partial charge in [-0.05, 0) is 64.0 Å². The molecule has 0 aromatic heterocycles. The van der Waals surface area contributed by atoms with Crippen molar-refractivity contribution in [2.75, 3.05) is 19.6 Å². The molecule has 1 heterocycles. The molecular formula is C15H25N. The van der Waals surface area contributed by atoms with Crippen molar-refractivity contribution in [3.63, 3.8) is 0 Å². The molecule has 0 N–H and O–H groups in total. The van der Waals surface area contributed by atoms with E-state index in [9.17, 15) is 0 Å². The summed E-state index contributed by atoms with van der Waals surface area (Å²) >= 11 is 0. The number of hydrogen-bond donors (Lipinski definition) is 0. The van der Waals surface area contributed by atoms with Crippen LogP contribution in [0.5, 0.6) is 0 Å². The number of likely N-dealkylation sites (tertiary alicyclic amines) is 1. The third kappa shape index (κ3) is 3.21. The van der Waals surface area contributed by atoms with Gasteiger partial charge in [0.25, 0.3) is 0 Å². The predicted molar refractivity (Wildman–Crippen MR) is 70.5 cm³/mol. The lowest BCUT2D eigenvalue weighted by Crippen LogP contribution is -2.28. The molecule has 0 aromatic carbocycles. The van der Waals surface area contributed by atoms with Crippen molar-refractivity contribution in [3.8, 4) is 0 Å². The van der Waals surface area contributed by atoms with Crippen LogP contribution in [0.2, 0.25) is 0 Å². The summed E-state index contributed by atoms with van der Waals surface area (Å²) in [6, 6.07) is 0. The van der Waals surface area contributed by atoms with Crippen molar-refractivity contribution in [2.24, 2.45) is 5.92 Å². The normalized spacial score (nSPS) is 24.1. The minimum atomic E-state index is 0.760. The zero-order valence-corrected chi connectivity index (χ0v) is 10.5. The molecule has 1 aliphatic carbocycles. The highest BCUT2D eigenvalue weighted by Crippen LogP contribution is 2.28. The van der Waals surface area contributed by atoms with E-state index in [0.717, 1.165) is 5.92 Å². The van der Waals surface area contributed by atoms with Gasteiger partial charge in [0.2, 0.25) is 0 Å². The molecule has 1 fully saturated rings. The van der Waals surface area contributed by atoms with Crippen LogP contribution in [0.3, 0.4) is 0 Å². The second-order valence-corrected chi connectivity index (χ2v) is 5.25. The van der Waals surface area contributed by atoms with E-state index >= 15 is 0 Å². The van der Waals surface area contributed by atoms with E-state index in [1.807, 2.05) is 0 Å². The molecule has 1 heteroatoms. The predicted octanol–water partition coefficient (Wildman–Crippen LogP) is 3.77. The standard InChI is InChI=1S/C15H25N/c1-2-8-15(13-16-11-6-7-12-16)14-9-4-3-5-10-14/h2,9,15H,1,3-8,10-13H2. The van der Waals surface area contributed by atoms with E-state index < -0.39 is 0 Å². The summed E-state index contributed by atoms with van der Waals surface area (Å²) in [4.78, 5) is 2.64. The van der Waals surface area contributed by atoms with Crippen LogP contribution in [0.25, 0.3) is 0 Å². The van der Waals surface area contributed by atoms with E-state index in [4.69, 9.17) is 0 Å². The fraction of sp³-hybridized carbons (Fsp3) is 0.733. The van der Waals surface area contributed by atoms with Gasteiger partial charge in [0.1, 0.15) is 0 Å². The average Bonchev–Trinajstić information content (AvgIpc) is 2.83. The molecule has 16 heavy (non-hydrogen) atoms. The molecule has 1 atom stereocenters. The molecule has 1 aliphatic heterocycles. The average molecular weight is 219 g/mol. The molecule has 2 rings (SSSR count). The fourth-order valence-corrected chi connectivity index (χ4v) is 3.05. The Morgan fingerprint density at radius 2 is 2.06 bits per heavy atom. The van der Waals surface area contributed by atoms with Crippen molar-refractivity contribution >= 4 is 0 Å². The van der Waals surface area contributed by atoms with Crippen LogP contribution >= 0.6 is 0 Å². The molecule has 0 amide bonds. The molecular weight excluding hydrogens is 194 g/mol. The summed E-state index contributed by atoms with van der Waals surface area (Å²) in [6.45, 7) is 7.84. The van der Waals surface area contributed by atoms with E-state index in [1.54, 1.807) is 5.57 Å². The number of nitrogens with zero attached hydrogens (tertiary/aromatic N) is 1. The van der Waals surface area contributed by atoms with Gasteiger partial charge in [-0.1, -0.05) is 17.7 Å². The Labute approximate surface area is 100 Å². The first-order valence-corrected chi connectivity index (χ1v) is 6.92. The largest absolute Gasteiger partial charge is 0.303 e. The summed E-state index contributed by atoms with van der Waals surface area (Å²) in [5.74, 6) is 0.760. The van der Waals surface area contributed by atoms with Crippen molar-refractivity contribution in [3.05, 3.63) is 24.3 Å². The van der Waals surface area contributed by atoms with Gasteiger partial charge in [0.05, 0.1) is 0 Å². The summed E-state index contributed by atoms with van der Waals surface area (Å²) in [6.07, 6.45) is 14.0. The molecule has 1 nitrogen and oxygen atoms in total. The highest BCUT2D eigenvalue weighted by atomic mass is 15.1. The second kappa shape index (κ2) is 6.24. The van der Waals surface area contributed by atoms with Crippen molar-refractivity contribution in [1.82, 2.24) is 4.90 Å². The summed E-state index contributed by atoms with van der Waals surface area (Å²) in [5.41, 5.74) is 1.72. The Bertz CT molecular complexity index is 248. The maximum Gasteiger partial charge on any atom is 0.00500 e. The summed E-state index contributed by atoms with van der Waals surface area (Å²) in [7, 11) is 0. The van der Waals surface area contributed by atoms with Crippen LogP contribution in [-0.2, 0) is 0 Å². The lowest BCUT2D eigenvalue weighted by molar-refractivity contribution is 0.292. The topological polar surface area (TPSA) is 3.24 Å². The maximum atomic E-state index is 3.92. The molecule has 0 radical (unpaired) electrons. The number of allylic oxidation sites excluding steroid dienone is 2. The minimum absolute atomic E-state index is 0.760. The molecule has 0 aromatic rings. The zero-order valence-electron chi connectivity index (χ0n) is 10.5. The first-order chi connectivity index (χ1) is 7.90. The van der Waals surface area contributed by atoms with Gasteiger partial charge in [-0.2, -0.15) is 0 Å². The van der Waals surface area contributed by atoms with Crippen LogP contribution in [0.15, 0.2) is 24.3 Å². The molecule has 1 saturated heterocycles. The number of rotatable bonds is 5. The summed E-state index contributed by atoms with van der Waals surface area (Å²) < 4.78 is 0. The zero-order chi connectivity index (χ0) is 11.2. The summed E-state index contributed by atoms with van der Waals surface area (Å²) in [5, 5.41) is 0. The first kappa shape index (κ1) is 11.9. The van der Waals surface area contributed by atoms with Crippen molar-refractivity contribution in [2.45, 2.75) is 44.9 Å². The molecule has 1 unspecified atom stereocenters. The minimum Gasteiger partial charge on any atom is -0.303 e. The van der Waals surface area contributed by atoms with Gasteiger partial charge in [-0.25, -0.2) is 0 Å². The van der Waals surface area contributed by atoms with Crippen molar-refractivity contribution < 1.29 is 0 Å². The quantitative estimate of drug-likeness (QED) is 0.636. The van der Waals surface area contributed by atoms with Gasteiger partial charge < -0.3 is 4.90 Å². The smallest absolute Gasteiger partial charge is 0.00500 e. The molecule has 0 bridgehead atoms. The van der Waals surface area contributed by atoms with E-state index in [2.05, 4.69) is 23.6 Å². The van der Waals surface area contributed by atoms with E-state index in [-0.39, 0.29) is 0 Å². The second-order valence-electron chi connectivity index (χ2n) is 5.25.